The molecule has 0 N–H and O–H groups in total. The van der Waals surface area contributed by atoms with Crippen molar-refractivity contribution in [1.82, 2.24) is 0 Å². The third-order valence-electron chi connectivity index (χ3n) is 14.7. The van der Waals surface area contributed by atoms with Crippen molar-refractivity contribution in [2.24, 2.45) is 35.5 Å². The van der Waals surface area contributed by atoms with Crippen LogP contribution in [0.1, 0.15) is 103 Å². The molecule has 4 fully saturated rings. The summed E-state index contributed by atoms with van der Waals surface area (Å²) < 4.78 is 12.1. The van der Waals surface area contributed by atoms with Crippen LogP contribution >= 0.6 is 24.8 Å². The van der Waals surface area contributed by atoms with E-state index in [0.717, 1.165) is 36.0 Å². The normalized spacial score (nSPS) is 25.9. The van der Waals surface area contributed by atoms with Gasteiger partial charge in [-0.25, -0.2) is 0 Å². The van der Waals surface area contributed by atoms with Gasteiger partial charge in [-0.2, -0.15) is 0 Å². The molecule has 0 heterocycles. The summed E-state index contributed by atoms with van der Waals surface area (Å²) in [7, 11) is 0. The molecule has 1 unspecified atom stereocenters. The van der Waals surface area contributed by atoms with Crippen LogP contribution in [0.2, 0.25) is 0 Å². The Hall–Kier alpha value is -2.31. The number of allylic oxidation sites excluding steroid dienone is 4. The molecule has 6 aliphatic carbocycles. The summed E-state index contributed by atoms with van der Waals surface area (Å²) in [6.45, 7) is 16.6. The third kappa shape index (κ3) is 5.88. The maximum atomic E-state index is 5.95. The van der Waals surface area contributed by atoms with Crippen LogP contribution in [-0.2, 0) is 35.5 Å². The van der Waals surface area contributed by atoms with Gasteiger partial charge in [0.1, 0.15) is 0 Å². The van der Waals surface area contributed by atoms with Crippen LogP contribution < -0.4 is 9.81 Å². The summed E-state index contributed by atoms with van der Waals surface area (Å²) in [6.07, 6.45) is 13.9. The fraction of sp³-hybridized carbons (Fsp3) is 0.420. The van der Waals surface area contributed by atoms with E-state index >= 15 is 0 Å². The van der Waals surface area contributed by atoms with Crippen molar-refractivity contribution >= 4 is 38.8 Å². The summed E-state index contributed by atoms with van der Waals surface area (Å²) >= 11 is -4.96. The molecule has 4 saturated carbocycles. The minimum absolute atomic E-state index is 0. The first-order valence-corrected chi connectivity index (χ1v) is 26.8. The quantitative estimate of drug-likeness (QED) is 0.166. The standard InChI is InChI=1S/C16H21.C13H9.2C10H13.CH2.2ClH.Zr/c1-10-2-3-13(4-10)16-14-6-11-5-12(8-14)9-15(16)7-11;1-3-7-12-10(5-1)9-11-6-2-4-8-13(11)12;2*1-10(2,3)9-7-5-4-6-8-9;;;;/h3-4,10-12,14-16H,5-9H2,1H3;1-5,7-8H,9H2;2*5-8H,1-3H3;1H2;2*1H;. The van der Waals surface area contributed by atoms with Crippen molar-refractivity contribution in [2.45, 2.75) is 97.8 Å². The van der Waals surface area contributed by atoms with Gasteiger partial charge in [0.2, 0.25) is 0 Å². The fourth-order valence-electron chi connectivity index (χ4n) is 12.4. The van der Waals surface area contributed by atoms with Gasteiger partial charge >= 0.3 is 311 Å². The molecule has 0 amide bonds. The molecule has 4 aromatic rings. The van der Waals surface area contributed by atoms with E-state index in [-0.39, 0.29) is 35.6 Å². The first-order valence-electron chi connectivity index (χ1n) is 20.1. The summed E-state index contributed by atoms with van der Waals surface area (Å²) in [4.78, 5) is 0. The number of halogens is 2. The molecule has 4 bridgehead atoms. The first kappa shape index (κ1) is 38.9. The van der Waals surface area contributed by atoms with Crippen molar-refractivity contribution in [3.8, 4) is 11.1 Å². The maximum absolute atomic E-state index is 5.95. The zero-order valence-electron chi connectivity index (χ0n) is 33.0. The number of benzene rings is 4. The molecular weight excluding hydrogens is 763 g/mol. The molecule has 0 saturated heterocycles. The van der Waals surface area contributed by atoms with Crippen molar-refractivity contribution < 1.29 is 18.3 Å². The van der Waals surface area contributed by atoms with Crippen molar-refractivity contribution in [3.05, 3.63) is 134 Å². The number of hydrogen-bond acceptors (Lipinski definition) is 0. The summed E-state index contributed by atoms with van der Waals surface area (Å²) in [6, 6.07) is 36.4. The third-order valence-corrected chi connectivity index (χ3v) is 31.3. The second-order valence-electron chi connectivity index (χ2n) is 19.8. The van der Waals surface area contributed by atoms with Crippen LogP contribution in [0, 0.1) is 35.5 Å². The fourth-order valence-corrected chi connectivity index (χ4v) is 28.8. The van der Waals surface area contributed by atoms with E-state index < -0.39 is 18.3 Å². The first-order chi connectivity index (χ1) is 24.2. The van der Waals surface area contributed by atoms with E-state index in [9.17, 15) is 0 Å². The van der Waals surface area contributed by atoms with Crippen molar-refractivity contribution in [1.29, 1.82) is 0 Å². The van der Waals surface area contributed by atoms with E-state index in [1.54, 1.807) is 12.1 Å². The molecule has 3 heteroatoms. The zero-order chi connectivity index (χ0) is 35.5. The van der Waals surface area contributed by atoms with Gasteiger partial charge in [-0.3, -0.25) is 0 Å². The summed E-state index contributed by atoms with van der Waals surface area (Å²) in [5.41, 5.74) is 10.4. The number of rotatable bonds is 5. The van der Waals surface area contributed by atoms with Crippen LogP contribution in [0.4, 0.5) is 0 Å². The molecule has 0 nitrogen and oxygen atoms in total. The van der Waals surface area contributed by atoms with Gasteiger partial charge in [0.25, 0.3) is 0 Å². The van der Waals surface area contributed by atoms with Crippen LogP contribution in [0.25, 0.3) is 11.1 Å². The van der Waals surface area contributed by atoms with Crippen LogP contribution in [0.5, 0.6) is 0 Å². The van der Waals surface area contributed by atoms with E-state index in [1.165, 1.54) is 72.0 Å². The number of fused-ring (bicyclic) bond motifs is 3. The Balaban J connectivity index is 0.00000218. The molecule has 278 valence electrons. The second-order valence-corrected chi connectivity index (χ2v) is 32.5. The van der Waals surface area contributed by atoms with Crippen molar-refractivity contribution in [3.63, 3.8) is 0 Å². The van der Waals surface area contributed by atoms with E-state index in [1.807, 2.05) is 0 Å². The van der Waals surface area contributed by atoms with Gasteiger partial charge in [0.05, 0.1) is 0 Å². The van der Waals surface area contributed by atoms with E-state index in [4.69, 9.17) is 4.21 Å². The Bertz CT molecular complexity index is 2080. The Morgan fingerprint density at radius 3 is 1.64 bits per heavy atom. The molecule has 53 heavy (non-hydrogen) atoms. The topological polar surface area (TPSA) is 0 Å². The Morgan fingerprint density at radius 1 is 0.604 bits per heavy atom. The van der Waals surface area contributed by atoms with Crippen LogP contribution in [0.3, 0.4) is 0 Å². The van der Waals surface area contributed by atoms with Gasteiger partial charge in [-0.15, -0.1) is 24.8 Å². The molecule has 10 rings (SSSR count). The molecular formula is C50H60Cl2Zr. The van der Waals surface area contributed by atoms with Crippen LogP contribution in [-0.4, -0.2) is 4.21 Å². The molecule has 4 aromatic carbocycles. The zero-order valence-corrected chi connectivity index (χ0v) is 37.1. The molecule has 0 aliphatic heterocycles. The molecule has 6 aliphatic rings. The monoisotopic (exact) mass is 820 g/mol. The minimum atomic E-state index is -4.96. The molecule has 0 spiro atoms. The summed E-state index contributed by atoms with van der Waals surface area (Å²) in [5, 5.41) is 0. The van der Waals surface area contributed by atoms with Crippen LogP contribution in [0.15, 0.2) is 112 Å². The van der Waals surface area contributed by atoms with Gasteiger partial charge < -0.3 is 0 Å². The van der Waals surface area contributed by atoms with E-state index in [0.29, 0.717) is 5.92 Å². The van der Waals surface area contributed by atoms with Gasteiger partial charge in [0, 0.05) is 0 Å². The molecule has 1 atom stereocenters. The Kier molecular flexibility index (Phi) is 9.86. The Morgan fingerprint density at radius 2 is 1.11 bits per heavy atom. The predicted molar refractivity (Wildman–Crippen MR) is 231 cm³/mol. The molecule has 0 radical (unpaired) electrons. The second kappa shape index (κ2) is 13.4. The van der Waals surface area contributed by atoms with E-state index in [2.05, 4.69) is 152 Å². The van der Waals surface area contributed by atoms with Crippen molar-refractivity contribution in [2.75, 3.05) is 0 Å². The average Bonchev–Trinajstić information content (AvgIpc) is 3.68. The summed E-state index contributed by atoms with van der Waals surface area (Å²) in [5.74, 6) is 4.79. The Labute approximate surface area is 333 Å². The average molecular weight is 823 g/mol. The SMILES string of the molecule is Cl.Cl.[CH2]=[Zr]([C]1=CC(C2C3CC4CC(C3)CC2C4)=CC1C)([c]1ccc(C(C)(C)C)cc1)([c]1ccc(C(C)(C)C)cc1)[c]1cccc2c1Cc1ccccc1-2. The predicted octanol–water partition coefficient (Wildman–Crippen LogP) is 11.6. The molecule has 0 aromatic heterocycles. The number of hydrogen-bond donors (Lipinski definition) is 0. The van der Waals surface area contributed by atoms with Gasteiger partial charge in [-0.05, 0) is 0 Å². The van der Waals surface area contributed by atoms with Gasteiger partial charge in [0.15, 0.2) is 0 Å². The van der Waals surface area contributed by atoms with Gasteiger partial charge in [-0.1, -0.05) is 0 Å².